The van der Waals surface area contributed by atoms with Gasteiger partial charge in [0.15, 0.2) is 17.7 Å². The fourth-order valence-corrected chi connectivity index (χ4v) is 8.50. The number of ether oxygens (including phenoxy) is 5. The van der Waals surface area contributed by atoms with Crippen LogP contribution < -0.4 is 0 Å². The first kappa shape index (κ1) is 36.7. The van der Waals surface area contributed by atoms with Crippen molar-refractivity contribution in [3.63, 3.8) is 0 Å². The number of aliphatic imine (C=N–C) groups is 1. The number of nitrogens with zero attached hydrogens (tertiary/aromatic N) is 3. The van der Waals surface area contributed by atoms with Crippen LogP contribution in [0.1, 0.15) is 81.6 Å². The number of cyclic esters (lactones) is 1. The number of rotatable bonds is 5. The summed E-state index contributed by atoms with van der Waals surface area (Å²) in [5.74, 6) is -3.46. The molecule has 12 nitrogen and oxygen atoms in total. The Labute approximate surface area is 274 Å². The lowest BCUT2D eigenvalue weighted by molar-refractivity contribution is -0.295. The fourth-order valence-electron chi connectivity index (χ4n) is 8.50. The van der Waals surface area contributed by atoms with Gasteiger partial charge in [-0.05, 0) is 73.9 Å². The van der Waals surface area contributed by atoms with Crippen LogP contribution in [0.25, 0.3) is 0 Å². The van der Waals surface area contributed by atoms with E-state index in [1.807, 2.05) is 60.5 Å². The molecule has 46 heavy (non-hydrogen) atoms. The molecule has 1 amide bonds. The van der Waals surface area contributed by atoms with Crippen LogP contribution in [0.3, 0.4) is 0 Å². The van der Waals surface area contributed by atoms with E-state index < -0.39 is 65.7 Å². The third kappa shape index (κ3) is 6.61. The van der Waals surface area contributed by atoms with Crippen LogP contribution in [0, 0.1) is 23.7 Å². The van der Waals surface area contributed by atoms with E-state index in [9.17, 15) is 19.5 Å². The van der Waals surface area contributed by atoms with Gasteiger partial charge in [-0.15, -0.1) is 0 Å². The summed E-state index contributed by atoms with van der Waals surface area (Å²) in [4.78, 5) is 50.0. The molecule has 4 rings (SSSR count). The summed E-state index contributed by atoms with van der Waals surface area (Å²) >= 11 is 0. The first-order chi connectivity index (χ1) is 21.4. The van der Waals surface area contributed by atoms with Gasteiger partial charge in [0.1, 0.15) is 18.1 Å². The molecule has 0 radical (unpaired) electrons. The number of carbonyl (C=O) groups is 3. The lowest BCUT2D eigenvalue weighted by atomic mass is 9.73. The number of hydrogen-bond donors (Lipinski definition) is 1. The second-order valence-electron chi connectivity index (χ2n) is 14.8. The molecule has 4 aliphatic rings. The number of aliphatic hydroxyl groups excluding tert-OH is 1. The minimum atomic E-state index is -1.16. The summed E-state index contributed by atoms with van der Waals surface area (Å²) in [6.07, 6.45) is -2.95. The summed E-state index contributed by atoms with van der Waals surface area (Å²) in [5, 5.41) is 11.4. The van der Waals surface area contributed by atoms with E-state index in [1.165, 1.54) is 6.92 Å². The van der Waals surface area contributed by atoms with Crippen molar-refractivity contribution in [3.05, 3.63) is 0 Å². The summed E-state index contributed by atoms with van der Waals surface area (Å²) in [5.41, 5.74) is -1.34. The molecule has 4 aliphatic heterocycles. The molecule has 14 atom stereocenters. The maximum absolute atomic E-state index is 14.1. The molecule has 0 saturated carbocycles. The number of amides is 1. The SMILES string of the molecule is CCC1OC(=O)[C@H](C)C(=O)[C@H](C)[C@@H](O[C@@H]2O[C@H](C)C[C@H](N(C)C)[C@H]2O)[C@](C)(OC)C[C@@H](C)C2=N[C@H](C)CN3C(=O)O[C@@]1(C)[C@H]3[C@H]2C. The number of methoxy groups -OCH3 is 1. The van der Waals surface area contributed by atoms with E-state index in [4.69, 9.17) is 28.7 Å². The van der Waals surface area contributed by atoms with E-state index in [1.54, 1.807) is 18.9 Å². The third-order valence-corrected chi connectivity index (χ3v) is 11.0. The standard InChI is InChI=1S/C34H57N3O9/c1-13-24-34(9)28-20(5)25(35-18(3)16-37(28)32(41)46-34)17(2)15-33(8,42-12)29(21(6)26(38)22(7)30(40)44-24)45-31-27(39)23(36(10)11)14-19(4)43-31/h17-24,27-29,31,39H,13-16H2,1-12H3/t17-,18-,19-,20+,21+,22-,23+,24?,27-,28-,29-,31+,33-,34-/m1/s1. The number of Topliss-reactive ketones (excluding diaryl/α,β-unsaturated/α-hetero) is 1. The van der Waals surface area contributed by atoms with E-state index in [0.29, 0.717) is 25.8 Å². The van der Waals surface area contributed by atoms with Crippen LogP contribution in [0.5, 0.6) is 0 Å². The topological polar surface area (TPSA) is 136 Å². The van der Waals surface area contributed by atoms with Gasteiger partial charge in [0.05, 0.1) is 29.9 Å². The zero-order chi connectivity index (χ0) is 34.5. The number of likely N-dealkylation sites (N-methyl/N-ethyl adjacent to an activating group) is 1. The molecule has 2 bridgehead atoms. The number of aliphatic hydroxyl groups is 1. The Balaban J connectivity index is 1.83. The van der Waals surface area contributed by atoms with Gasteiger partial charge in [0, 0.05) is 37.2 Å². The number of esters is 1. The van der Waals surface area contributed by atoms with Gasteiger partial charge in [-0.2, -0.15) is 0 Å². The van der Waals surface area contributed by atoms with Gasteiger partial charge in [-0.1, -0.05) is 27.7 Å². The zero-order valence-corrected chi connectivity index (χ0v) is 29.8. The Morgan fingerprint density at radius 3 is 2.30 bits per heavy atom. The molecular formula is C34H57N3O9. The van der Waals surface area contributed by atoms with Crippen molar-refractivity contribution < 1.29 is 43.2 Å². The zero-order valence-electron chi connectivity index (χ0n) is 29.8. The van der Waals surface area contributed by atoms with Crippen LogP contribution in [-0.2, 0) is 33.3 Å². The number of hydrogen-bond acceptors (Lipinski definition) is 11. The number of carbonyl (C=O) groups excluding carboxylic acids is 3. The smallest absolute Gasteiger partial charge is 0.411 e. The molecule has 3 fully saturated rings. The van der Waals surface area contributed by atoms with Crippen LogP contribution in [0.4, 0.5) is 4.79 Å². The monoisotopic (exact) mass is 651 g/mol. The molecule has 1 N–H and O–H groups in total. The average molecular weight is 652 g/mol. The second-order valence-corrected chi connectivity index (χ2v) is 14.8. The fraction of sp³-hybridized carbons (Fsp3) is 0.882. The number of ketones is 1. The predicted octanol–water partition coefficient (Wildman–Crippen LogP) is 3.46. The van der Waals surface area contributed by atoms with E-state index in [2.05, 4.69) is 6.92 Å². The Kier molecular flexibility index (Phi) is 11.0. The molecule has 1 unspecified atom stereocenters. The van der Waals surface area contributed by atoms with Gasteiger partial charge < -0.3 is 33.7 Å². The van der Waals surface area contributed by atoms with Crippen molar-refractivity contribution in [2.24, 2.45) is 28.7 Å². The first-order valence-electron chi connectivity index (χ1n) is 16.9. The quantitative estimate of drug-likeness (QED) is 0.348. The van der Waals surface area contributed by atoms with Gasteiger partial charge >= 0.3 is 12.1 Å². The Morgan fingerprint density at radius 2 is 1.72 bits per heavy atom. The van der Waals surface area contributed by atoms with Crippen LogP contribution >= 0.6 is 0 Å². The highest BCUT2D eigenvalue weighted by Crippen LogP contribution is 2.44. The first-order valence-corrected chi connectivity index (χ1v) is 16.9. The minimum absolute atomic E-state index is 0.163. The largest absolute Gasteiger partial charge is 0.458 e. The van der Waals surface area contributed by atoms with Gasteiger partial charge in [0.2, 0.25) is 0 Å². The molecule has 3 saturated heterocycles. The van der Waals surface area contributed by atoms with Crippen molar-refractivity contribution in [1.82, 2.24) is 9.80 Å². The van der Waals surface area contributed by atoms with Gasteiger partial charge in [0.25, 0.3) is 0 Å². The van der Waals surface area contributed by atoms with E-state index in [-0.39, 0.29) is 35.8 Å². The molecule has 12 heteroatoms. The summed E-state index contributed by atoms with van der Waals surface area (Å²) in [6, 6.07) is -0.871. The lowest BCUT2D eigenvalue weighted by Crippen LogP contribution is -2.60. The third-order valence-electron chi connectivity index (χ3n) is 11.0. The summed E-state index contributed by atoms with van der Waals surface area (Å²) in [6.45, 7) is 17.3. The van der Waals surface area contributed by atoms with Crippen molar-refractivity contribution >= 4 is 23.6 Å². The highest BCUT2D eigenvalue weighted by Gasteiger charge is 2.60. The lowest BCUT2D eigenvalue weighted by Gasteiger charge is -2.47. The predicted molar refractivity (Wildman–Crippen MR) is 171 cm³/mol. The van der Waals surface area contributed by atoms with Crippen LogP contribution in [0.15, 0.2) is 4.99 Å². The summed E-state index contributed by atoms with van der Waals surface area (Å²) < 4.78 is 31.2. The molecule has 0 aromatic carbocycles. The minimum Gasteiger partial charge on any atom is -0.458 e. The molecule has 0 aromatic rings. The molecule has 262 valence electrons. The molecule has 4 heterocycles. The molecule has 0 aliphatic carbocycles. The van der Waals surface area contributed by atoms with Gasteiger partial charge in [-0.25, -0.2) is 4.79 Å². The Hall–Kier alpha value is -2.12. The maximum atomic E-state index is 14.1. The Morgan fingerprint density at radius 1 is 1.07 bits per heavy atom. The molecule has 0 spiro atoms. The van der Waals surface area contributed by atoms with E-state index >= 15 is 0 Å². The van der Waals surface area contributed by atoms with E-state index in [0.717, 1.165) is 5.71 Å². The second kappa shape index (κ2) is 13.8. The van der Waals surface area contributed by atoms with Crippen LogP contribution in [-0.4, -0.2) is 126 Å². The Bertz CT molecular complexity index is 1180. The van der Waals surface area contributed by atoms with Gasteiger partial charge in [-0.3, -0.25) is 19.5 Å². The number of fused-ring (bicyclic) bond motifs is 1. The highest BCUT2D eigenvalue weighted by molar-refractivity contribution is 6.00. The molecule has 0 aromatic heterocycles. The molecular weight excluding hydrogens is 594 g/mol. The highest BCUT2D eigenvalue weighted by atomic mass is 16.7. The maximum Gasteiger partial charge on any atom is 0.411 e. The van der Waals surface area contributed by atoms with Crippen molar-refractivity contribution in [2.45, 2.75) is 142 Å². The normalized spacial score (nSPS) is 45.9. The average Bonchev–Trinajstić information content (AvgIpc) is 3.15. The van der Waals surface area contributed by atoms with Crippen LogP contribution in [0.2, 0.25) is 0 Å². The summed E-state index contributed by atoms with van der Waals surface area (Å²) in [7, 11) is 5.39. The van der Waals surface area contributed by atoms with Crippen molar-refractivity contribution in [3.8, 4) is 0 Å². The van der Waals surface area contributed by atoms with Crippen molar-refractivity contribution in [1.29, 1.82) is 0 Å². The van der Waals surface area contributed by atoms with Crippen molar-refractivity contribution in [2.75, 3.05) is 27.7 Å².